The Bertz CT molecular complexity index is 2960. The smallest absolute Gasteiger partial charge is 0.335 e. The van der Waals surface area contributed by atoms with Crippen LogP contribution in [0.25, 0.3) is 22.3 Å². The van der Waals surface area contributed by atoms with Crippen LogP contribution in [0.1, 0.15) is 123 Å². The normalized spacial score (nSPS) is 24.3. The van der Waals surface area contributed by atoms with Crippen LogP contribution in [0, 0.1) is 0 Å². The molecule has 0 bridgehead atoms. The number of fused-ring (bicyclic) bond motifs is 3. The summed E-state index contributed by atoms with van der Waals surface area (Å²) in [7, 11) is -9.10. The van der Waals surface area contributed by atoms with Crippen LogP contribution in [-0.4, -0.2) is 142 Å². The van der Waals surface area contributed by atoms with E-state index >= 15 is 0 Å². The summed E-state index contributed by atoms with van der Waals surface area (Å²) < 4.78 is 43.6. The molecule has 8 atom stereocenters. The molecular weight excluding hydrogens is 1110 g/mol. The van der Waals surface area contributed by atoms with Crippen LogP contribution in [0.2, 0.25) is 44.3 Å². The first-order chi connectivity index (χ1) is 36.7. The number of hydrogen-bond acceptors (Lipinski definition) is 18. The highest BCUT2D eigenvalue weighted by atomic mass is 35.6. The van der Waals surface area contributed by atoms with E-state index in [0.29, 0.717) is 22.2 Å². The summed E-state index contributed by atoms with van der Waals surface area (Å²) in [5.41, 5.74) is 11.5. The number of anilines is 2. The summed E-state index contributed by atoms with van der Waals surface area (Å²) in [6, 6.07) is 0. The van der Waals surface area contributed by atoms with Gasteiger partial charge < -0.3 is 58.4 Å². The van der Waals surface area contributed by atoms with Crippen molar-refractivity contribution < 1.29 is 47.0 Å². The molecule has 0 amide bonds. The monoisotopic (exact) mass is 1200 g/mol. The molecule has 3 fully saturated rings. The fourth-order valence-electron chi connectivity index (χ4n) is 11.1. The van der Waals surface area contributed by atoms with E-state index in [2.05, 4.69) is 144 Å². The molecule has 3 saturated heterocycles. The van der Waals surface area contributed by atoms with Crippen molar-refractivity contribution in [3.05, 3.63) is 67.0 Å². The quantitative estimate of drug-likeness (QED) is 0.0383. The molecule has 0 radical (unpaired) electrons. The molecule has 0 aliphatic carbocycles. The van der Waals surface area contributed by atoms with E-state index < -0.39 is 112 Å². The Morgan fingerprint density at radius 1 is 0.709 bits per heavy atom. The van der Waals surface area contributed by atoms with Crippen molar-refractivity contribution >= 4 is 79.1 Å². The van der Waals surface area contributed by atoms with E-state index in [9.17, 15) is 39.6 Å². The maximum atomic E-state index is 13.6. The number of imidazole rings is 2. The molecule has 29 heteroatoms. The Labute approximate surface area is 471 Å². The zero-order valence-electron chi connectivity index (χ0n) is 48.8. The number of nitrogens with zero attached hydrogens (tertiary/aromatic N) is 6. The van der Waals surface area contributed by atoms with Gasteiger partial charge in [-0.25, -0.2) is 18.7 Å². The van der Waals surface area contributed by atoms with Gasteiger partial charge in [-0.15, -0.1) is 24.2 Å². The molecule has 0 aromatic carbocycles. The molecule has 24 nitrogen and oxygen atoms in total. The number of allylic oxidation sites excluding steroid dienone is 2. The van der Waals surface area contributed by atoms with Gasteiger partial charge >= 0.3 is 28.5 Å². The molecule has 0 saturated carbocycles. The first kappa shape index (κ1) is 65.9. The average molecular weight is 1200 g/mol. The second-order valence-corrected chi connectivity index (χ2v) is 42.1. The fraction of sp³-hybridized carbons (Fsp3) is 0.720. The van der Waals surface area contributed by atoms with Crippen molar-refractivity contribution in [3.63, 3.8) is 0 Å². The number of nitrogen functional groups attached to an aromatic ring is 2. The van der Waals surface area contributed by atoms with Gasteiger partial charge in [0.1, 0.15) is 36.6 Å². The van der Waals surface area contributed by atoms with Gasteiger partial charge in [0.05, 0.1) is 13.2 Å². The number of hydrogen-bond donors (Lipinski definition) is 8. The minimum atomic E-state index is -3.03. The van der Waals surface area contributed by atoms with Gasteiger partial charge in [0.15, 0.2) is 43.8 Å². The van der Waals surface area contributed by atoms with Gasteiger partial charge in [-0.1, -0.05) is 123 Å². The maximum absolute atomic E-state index is 13.6. The number of aliphatic hydroxyl groups excluding tert-OH is 4. The predicted molar refractivity (Wildman–Crippen MR) is 315 cm³/mol. The third-order valence-corrected chi connectivity index (χ3v) is 37.1. The fourth-order valence-corrected chi connectivity index (χ4v) is 32.1. The topological polar surface area (TPSA) is 334 Å². The molecule has 79 heavy (non-hydrogen) atoms. The molecule has 3 aliphatic rings. The predicted octanol–water partition coefficient (Wildman–Crippen LogP) is 5.18. The molecule has 3 unspecified atom stereocenters. The third kappa shape index (κ3) is 12.7. The largest absolute Gasteiger partial charge is 0.446 e. The number of aromatic amines is 2. The lowest BCUT2D eigenvalue weighted by Crippen LogP contribution is -2.65. The standard InChI is InChI=1S/C25H43N5O7Si2.C13H17N5O6.C12H29ClOSi2/c1-10-11-29-18-21(27-24(26)28-22(18)32)30(25(29)33)23-19(31)20-17(35-23)12-34-38(13(2)3,14(4)5)37-39(36-20,15(6)7)16(8)9;1-2-3-17-6-9(15-12(14)16-10(6)22)18(13(17)23)11-8(21)7(20)5(4-19)24-11;1-9(2)15(10(3)4)14-16(13,11(5)6)12(7)8/h10,13-17,19-20,23,31H,1,11-12H2,2-9H3,(H3,26,27,28,32);2,5,7-8,11,19-21H,1,3-4H2,(H3,14,15,16,22);9-12,15H,1-8H3/t17?,19-,20-,23?;5-,7-,8-,11?;/m11./s1. The summed E-state index contributed by atoms with van der Waals surface area (Å²) >= 11 is 6.84. The highest BCUT2D eigenvalue weighted by Gasteiger charge is 2.62. The van der Waals surface area contributed by atoms with Gasteiger partial charge in [-0.05, 0) is 44.3 Å². The number of nitrogens with one attached hydrogen (secondary N) is 2. The molecule has 4 aromatic rings. The molecule has 4 aromatic heterocycles. The zero-order valence-corrected chi connectivity index (χ0v) is 53.7. The number of nitrogens with two attached hydrogens (primary N) is 2. The molecule has 446 valence electrons. The Morgan fingerprint density at radius 2 is 1.13 bits per heavy atom. The first-order valence-electron chi connectivity index (χ1n) is 27.3. The molecule has 0 spiro atoms. The number of rotatable bonds is 17. The van der Waals surface area contributed by atoms with Crippen LogP contribution in [0.4, 0.5) is 11.9 Å². The van der Waals surface area contributed by atoms with Crippen molar-refractivity contribution in [3.8, 4) is 0 Å². The number of ether oxygens (including phenoxy) is 2. The second kappa shape index (κ2) is 26.2. The average Bonchev–Trinajstić information content (AvgIpc) is 4.25. The minimum Gasteiger partial charge on any atom is -0.446 e. The summed E-state index contributed by atoms with van der Waals surface area (Å²) in [5.74, 6) is -0.372. The second-order valence-electron chi connectivity index (χ2n) is 23.3. The first-order valence-corrected chi connectivity index (χ1v) is 36.1. The highest BCUT2D eigenvalue weighted by molar-refractivity contribution is 7.19. The van der Waals surface area contributed by atoms with Crippen molar-refractivity contribution in [2.75, 3.05) is 24.7 Å². The van der Waals surface area contributed by atoms with Gasteiger partial charge in [0.2, 0.25) is 11.9 Å². The zero-order chi connectivity index (χ0) is 59.7. The van der Waals surface area contributed by atoms with E-state index in [1.54, 1.807) is 0 Å². The van der Waals surface area contributed by atoms with Crippen LogP contribution in [-0.2, 0) is 39.6 Å². The van der Waals surface area contributed by atoms with Crippen molar-refractivity contribution in [1.82, 2.24) is 38.2 Å². The number of aromatic nitrogens is 8. The van der Waals surface area contributed by atoms with Crippen molar-refractivity contribution in [1.29, 1.82) is 0 Å². The lowest BCUT2D eigenvalue weighted by Gasteiger charge is -2.51. The number of aliphatic hydroxyl groups is 4. The summed E-state index contributed by atoms with van der Waals surface area (Å²) in [6.45, 7) is 41.7. The van der Waals surface area contributed by atoms with Crippen LogP contribution >= 0.6 is 11.1 Å². The lowest BCUT2D eigenvalue weighted by molar-refractivity contribution is -0.0583. The molecule has 3 aliphatic heterocycles. The number of H-pyrrole nitrogens is 2. The lowest BCUT2D eigenvalue weighted by atomic mass is 10.1. The van der Waals surface area contributed by atoms with E-state index in [1.807, 2.05) is 0 Å². The van der Waals surface area contributed by atoms with E-state index in [-0.39, 0.29) is 76.1 Å². The third-order valence-electron chi connectivity index (χ3n) is 15.2. The molecule has 7 heterocycles. The van der Waals surface area contributed by atoms with Gasteiger partial charge in [0, 0.05) is 13.1 Å². The van der Waals surface area contributed by atoms with Crippen LogP contribution < -0.4 is 34.0 Å². The Balaban J connectivity index is 0.000000244. The SMILES string of the molecule is C=CCn1c(=O)n(C2OC3CO[Si](C(C)C)(C(C)C)O[Si](C(C)C)(C(C)C)O[C@H]3[C@H]2O)c2nc(N)[nH]c(=O)c21.C=CCn1c(=O)n(C2O[C@H](CO)[C@@H](O)[C@H]2O)c2nc(N)[nH]c(=O)c21.CC(C)[SiH](O[Si](Cl)(C(C)C)C(C)C)C(C)C. The van der Waals surface area contributed by atoms with Gasteiger partial charge in [-0.3, -0.25) is 28.7 Å². The van der Waals surface area contributed by atoms with E-state index in [0.717, 1.165) is 9.13 Å². The molecule has 7 rings (SSSR count). The summed E-state index contributed by atoms with van der Waals surface area (Å²) in [6.07, 6.45) is -6.32. The Kier molecular flexibility index (Phi) is 21.8. The molecule has 10 N–H and O–H groups in total. The van der Waals surface area contributed by atoms with Gasteiger partial charge in [-0.2, -0.15) is 9.97 Å². The minimum absolute atomic E-state index is 0.0166. The Morgan fingerprint density at radius 3 is 1.48 bits per heavy atom. The maximum Gasteiger partial charge on any atom is 0.335 e. The van der Waals surface area contributed by atoms with Crippen molar-refractivity contribution in [2.24, 2.45) is 0 Å². The molecular formula is C50H89ClN10O14Si4. The Hall–Kier alpha value is -3.86. The summed E-state index contributed by atoms with van der Waals surface area (Å²) in [5, 5.41) is 40.9. The summed E-state index contributed by atoms with van der Waals surface area (Å²) in [4.78, 5) is 64.2. The van der Waals surface area contributed by atoms with Crippen molar-refractivity contribution in [2.45, 2.75) is 217 Å². The highest BCUT2D eigenvalue weighted by Crippen LogP contribution is 2.49. The van der Waals surface area contributed by atoms with E-state index in [4.69, 9.17) is 49.1 Å². The number of halogens is 1. The van der Waals surface area contributed by atoms with Crippen LogP contribution in [0.3, 0.4) is 0 Å². The van der Waals surface area contributed by atoms with E-state index in [1.165, 1.54) is 21.3 Å². The van der Waals surface area contributed by atoms with Crippen LogP contribution in [0.5, 0.6) is 0 Å². The van der Waals surface area contributed by atoms with Gasteiger partial charge in [0.25, 0.3) is 18.7 Å². The van der Waals surface area contributed by atoms with Crippen LogP contribution in [0.15, 0.2) is 44.5 Å².